The number of hydrogen-bond acceptors (Lipinski definition) is 3. The molecule has 162 valence electrons. The van der Waals surface area contributed by atoms with Crippen molar-refractivity contribution in [2.24, 2.45) is 4.99 Å². The van der Waals surface area contributed by atoms with Gasteiger partial charge in [-0.3, -0.25) is 14.6 Å². The summed E-state index contributed by atoms with van der Waals surface area (Å²) in [6.07, 6.45) is 0.823. The summed E-state index contributed by atoms with van der Waals surface area (Å²) < 4.78 is 0. The lowest BCUT2D eigenvalue weighted by Crippen LogP contribution is -2.41. The van der Waals surface area contributed by atoms with Crippen molar-refractivity contribution in [2.75, 3.05) is 18.0 Å². The smallest absolute Gasteiger partial charge is 0.240 e. The number of carbonyl (C=O) groups excluding carboxylic acids is 2. The van der Waals surface area contributed by atoms with Crippen LogP contribution in [-0.4, -0.2) is 30.6 Å². The molecule has 1 aliphatic heterocycles. The Morgan fingerprint density at radius 2 is 1.75 bits per heavy atom. The Kier molecular flexibility index (Phi) is 6.66. The Hall–Kier alpha value is -3.44. The largest absolute Gasteiger partial charge is 0.354 e. The molecule has 6 heteroatoms. The zero-order valence-corrected chi connectivity index (χ0v) is 18.6. The number of hydrogen-bond donors (Lipinski definition) is 1. The topological polar surface area (TPSA) is 61.8 Å². The zero-order valence-electron chi connectivity index (χ0n) is 17.8. The molecule has 0 aliphatic carbocycles. The van der Waals surface area contributed by atoms with Crippen LogP contribution in [0.4, 0.5) is 11.4 Å². The highest BCUT2D eigenvalue weighted by Gasteiger charge is 2.26. The quantitative estimate of drug-likeness (QED) is 0.588. The van der Waals surface area contributed by atoms with Gasteiger partial charge in [0.25, 0.3) is 0 Å². The Morgan fingerprint density at radius 1 is 1.03 bits per heavy atom. The van der Waals surface area contributed by atoms with E-state index in [1.807, 2.05) is 79.7 Å². The van der Waals surface area contributed by atoms with Crippen molar-refractivity contribution in [3.05, 3.63) is 94.5 Å². The number of anilines is 1. The normalized spacial score (nSPS) is 13.2. The maximum Gasteiger partial charge on any atom is 0.240 e. The van der Waals surface area contributed by atoms with Gasteiger partial charge in [0.05, 0.1) is 23.5 Å². The number of carbonyl (C=O) groups is 2. The number of rotatable bonds is 6. The SMILES string of the molecule is Cc1ccc(C2=Nc3ccccc3N(CC(=O)NCCc3ccc(Cl)cc3)C(=O)C2)cc1. The molecule has 0 saturated heterocycles. The van der Waals surface area contributed by atoms with Gasteiger partial charge in [-0.05, 0) is 48.7 Å². The lowest BCUT2D eigenvalue weighted by atomic mass is 10.1. The minimum atomic E-state index is -0.207. The van der Waals surface area contributed by atoms with Crippen LogP contribution in [0.1, 0.15) is 23.1 Å². The van der Waals surface area contributed by atoms with E-state index in [-0.39, 0.29) is 24.8 Å². The van der Waals surface area contributed by atoms with Crippen molar-refractivity contribution in [3.63, 3.8) is 0 Å². The van der Waals surface area contributed by atoms with E-state index in [4.69, 9.17) is 16.6 Å². The van der Waals surface area contributed by atoms with Gasteiger partial charge < -0.3 is 10.2 Å². The first kappa shape index (κ1) is 21.8. The highest BCUT2D eigenvalue weighted by Crippen LogP contribution is 2.32. The van der Waals surface area contributed by atoms with Gasteiger partial charge in [-0.25, -0.2) is 0 Å². The van der Waals surface area contributed by atoms with Gasteiger partial charge in [-0.2, -0.15) is 0 Å². The van der Waals surface area contributed by atoms with Gasteiger partial charge in [0.2, 0.25) is 11.8 Å². The number of nitrogens with zero attached hydrogens (tertiary/aromatic N) is 2. The summed E-state index contributed by atoms with van der Waals surface area (Å²) in [4.78, 5) is 32.1. The molecule has 0 fully saturated rings. The summed E-state index contributed by atoms with van der Waals surface area (Å²) in [5.41, 5.74) is 5.17. The lowest BCUT2D eigenvalue weighted by Gasteiger charge is -2.22. The Morgan fingerprint density at radius 3 is 2.50 bits per heavy atom. The molecule has 0 spiro atoms. The number of nitrogens with one attached hydrogen (secondary N) is 1. The molecular formula is C26H24ClN3O2. The number of halogens is 1. The monoisotopic (exact) mass is 445 g/mol. The van der Waals surface area contributed by atoms with Gasteiger partial charge in [0, 0.05) is 11.6 Å². The van der Waals surface area contributed by atoms with Crippen LogP contribution in [0.25, 0.3) is 0 Å². The molecule has 0 aromatic heterocycles. The first-order valence-electron chi connectivity index (χ1n) is 10.5. The number of aliphatic imine (C=N–C) groups is 1. The van der Waals surface area contributed by atoms with E-state index < -0.39 is 0 Å². The summed E-state index contributed by atoms with van der Waals surface area (Å²) in [6.45, 7) is 2.45. The fourth-order valence-corrected chi connectivity index (χ4v) is 3.75. The van der Waals surface area contributed by atoms with Crippen LogP contribution in [0.2, 0.25) is 5.02 Å². The Labute approximate surface area is 192 Å². The van der Waals surface area contributed by atoms with Gasteiger partial charge in [-0.15, -0.1) is 0 Å². The average molecular weight is 446 g/mol. The van der Waals surface area contributed by atoms with Crippen LogP contribution < -0.4 is 10.2 Å². The molecule has 32 heavy (non-hydrogen) atoms. The molecule has 0 unspecified atom stereocenters. The molecule has 3 aromatic rings. The summed E-state index contributed by atoms with van der Waals surface area (Å²) in [7, 11) is 0. The summed E-state index contributed by atoms with van der Waals surface area (Å²) in [5.74, 6) is -0.358. The molecule has 0 bridgehead atoms. The van der Waals surface area contributed by atoms with Crippen molar-refractivity contribution in [2.45, 2.75) is 19.8 Å². The van der Waals surface area contributed by atoms with Gasteiger partial charge >= 0.3 is 0 Å². The van der Waals surface area contributed by atoms with E-state index in [1.165, 1.54) is 4.90 Å². The van der Waals surface area contributed by atoms with Gasteiger partial charge in [0.1, 0.15) is 6.54 Å². The predicted molar refractivity (Wildman–Crippen MR) is 129 cm³/mol. The predicted octanol–water partition coefficient (Wildman–Crippen LogP) is 4.86. The Balaban J connectivity index is 1.46. The molecule has 3 aromatic carbocycles. The number of fused-ring (bicyclic) bond motifs is 1. The van der Waals surface area contributed by atoms with E-state index in [1.54, 1.807) is 0 Å². The molecule has 1 heterocycles. The molecule has 0 radical (unpaired) electrons. The third-order valence-electron chi connectivity index (χ3n) is 5.38. The number of benzene rings is 3. The molecule has 0 atom stereocenters. The summed E-state index contributed by atoms with van der Waals surface area (Å²) in [5, 5.41) is 3.59. The Bertz CT molecular complexity index is 1150. The number of para-hydroxylation sites is 2. The molecule has 2 amide bonds. The molecule has 0 saturated carbocycles. The first-order chi connectivity index (χ1) is 15.5. The highest BCUT2D eigenvalue weighted by molar-refractivity contribution is 6.30. The summed E-state index contributed by atoms with van der Waals surface area (Å²) >= 11 is 5.91. The number of aryl methyl sites for hydroxylation is 1. The molecule has 5 nitrogen and oxygen atoms in total. The van der Waals surface area contributed by atoms with Crippen LogP contribution >= 0.6 is 11.6 Å². The maximum absolute atomic E-state index is 13.1. The second-order valence-corrected chi connectivity index (χ2v) is 8.23. The van der Waals surface area contributed by atoms with Crippen molar-refractivity contribution < 1.29 is 9.59 Å². The average Bonchev–Trinajstić information content (AvgIpc) is 2.92. The van der Waals surface area contributed by atoms with Crippen molar-refractivity contribution in [3.8, 4) is 0 Å². The minimum absolute atomic E-state index is 0.0485. The summed E-state index contributed by atoms with van der Waals surface area (Å²) in [6, 6.07) is 22.9. The van der Waals surface area contributed by atoms with E-state index in [9.17, 15) is 9.59 Å². The maximum atomic E-state index is 13.1. The van der Waals surface area contributed by atoms with Crippen LogP contribution in [-0.2, 0) is 16.0 Å². The van der Waals surface area contributed by atoms with Crippen molar-refractivity contribution in [1.29, 1.82) is 0 Å². The van der Waals surface area contributed by atoms with Gasteiger partial charge in [-0.1, -0.05) is 65.7 Å². The van der Waals surface area contributed by atoms with Gasteiger partial charge in [0.15, 0.2) is 0 Å². The third-order valence-corrected chi connectivity index (χ3v) is 5.64. The van der Waals surface area contributed by atoms with Crippen LogP contribution in [0.3, 0.4) is 0 Å². The fourth-order valence-electron chi connectivity index (χ4n) is 3.63. The zero-order chi connectivity index (χ0) is 22.5. The van der Waals surface area contributed by atoms with E-state index in [2.05, 4.69) is 5.32 Å². The molecule has 1 N–H and O–H groups in total. The van der Waals surface area contributed by atoms with Crippen LogP contribution in [0.15, 0.2) is 77.8 Å². The minimum Gasteiger partial charge on any atom is -0.354 e. The molecule has 1 aliphatic rings. The van der Waals surface area contributed by atoms with Crippen LogP contribution in [0.5, 0.6) is 0 Å². The first-order valence-corrected chi connectivity index (χ1v) is 10.9. The standard InChI is InChI=1S/C26H24ClN3O2/c1-18-6-10-20(11-7-18)23-16-26(32)30(24-5-3-2-4-22(24)29-23)17-25(31)28-15-14-19-8-12-21(27)13-9-19/h2-13H,14-17H2,1H3,(H,28,31). The molecular weight excluding hydrogens is 422 g/mol. The van der Waals surface area contributed by atoms with E-state index in [0.29, 0.717) is 35.1 Å². The second-order valence-electron chi connectivity index (χ2n) is 7.80. The fraction of sp³-hybridized carbons (Fsp3) is 0.192. The van der Waals surface area contributed by atoms with E-state index >= 15 is 0 Å². The number of amides is 2. The van der Waals surface area contributed by atoms with Crippen molar-refractivity contribution in [1.82, 2.24) is 5.32 Å². The van der Waals surface area contributed by atoms with E-state index in [0.717, 1.165) is 16.7 Å². The highest BCUT2D eigenvalue weighted by atomic mass is 35.5. The second kappa shape index (κ2) is 9.79. The molecule has 4 rings (SSSR count). The van der Waals surface area contributed by atoms with Crippen LogP contribution in [0, 0.1) is 6.92 Å². The lowest BCUT2D eigenvalue weighted by molar-refractivity contribution is -0.123. The van der Waals surface area contributed by atoms with Crippen molar-refractivity contribution >= 4 is 40.5 Å². The third kappa shape index (κ3) is 5.24.